The summed E-state index contributed by atoms with van der Waals surface area (Å²) in [7, 11) is 0. The van der Waals surface area contributed by atoms with Gasteiger partial charge >= 0.3 is 5.97 Å². The molecule has 0 saturated heterocycles. The molecule has 2 heterocycles. The Hall–Kier alpha value is -2.62. The fourth-order valence-electron chi connectivity index (χ4n) is 2.93. The van der Waals surface area contributed by atoms with Gasteiger partial charge in [0.05, 0.1) is 11.3 Å². The largest absolute Gasteiger partial charge is 0.478 e. The first-order valence-electron chi connectivity index (χ1n) is 7.13. The molecule has 1 aromatic carbocycles. The van der Waals surface area contributed by atoms with Gasteiger partial charge in [-0.15, -0.1) is 0 Å². The maximum atomic E-state index is 13.2. The van der Waals surface area contributed by atoms with Crippen molar-refractivity contribution in [1.29, 1.82) is 0 Å². The highest BCUT2D eigenvalue weighted by Gasteiger charge is 2.25. The monoisotopic (exact) mass is 297 g/mol. The third kappa shape index (κ3) is 2.17. The summed E-state index contributed by atoms with van der Waals surface area (Å²) in [6.07, 6.45) is 1.84. The zero-order valence-electron chi connectivity index (χ0n) is 12.4. The fourth-order valence-corrected chi connectivity index (χ4v) is 2.93. The first-order valence-corrected chi connectivity index (χ1v) is 7.13. The van der Waals surface area contributed by atoms with Gasteiger partial charge in [0.2, 0.25) is 0 Å². The minimum absolute atomic E-state index is 0.0673. The van der Waals surface area contributed by atoms with Gasteiger partial charge in [0.25, 0.3) is 0 Å². The summed E-state index contributed by atoms with van der Waals surface area (Å²) in [5.41, 5.74) is 3.23. The van der Waals surface area contributed by atoms with Crippen molar-refractivity contribution in [3.05, 3.63) is 65.6 Å². The number of carboxylic acid groups (broad SMARTS) is 1. The SMILES string of the molecule is CC(C)c1c(C(=O)O)c(-c2ccc(F)cc2)n2ccccc12. The minimum Gasteiger partial charge on any atom is -0.478 e. The zero-order chi connectivity index (χ0) is 15.9. The van der Waals surface area contributed by atoms with E-state index < -0.39 is 5.97 Å². The molecule has 3 nitrogen and oxygen atoms in total. The summed E-state index contributed by atoms with van der Waals surface area (Å²) < 4.78 is 15.1. The first kappa shape index (κ1) is 14.3. The number of benzene rings is 1. The zero-order valence-corrected chi connectivity index (χ0v) is 12.4. The van der Waals surface area contributed by atoms with Crippen LogP contribution < -0.4 is 0 Å². The van der Waals surface area contributed by atoms with Gasteiger partial charge in [0.1, 0.15) is 5.82 Å². The molecule has 0 atom stereocenters. The molecule has 0 saturated carbocycles. The number of pyridine rings is 1. The summed E-state index contributed by atoms with van der Waals surface area (Å²) in [6.45, 7) is 3.95. The van der Waals surface area contributed by atoms with Crippen LogP contribution in [0.3, 0.4) is 0 Å². The molecule has 0 unspecified atom stereocenters. The van der Waals surface area contributed by atoms with Gasteiger partial charge in [-0.2, -0.15) is 0 Å². The van der Waals surface area contributed by atoms with Gasteiger partial charge in [0, 0.05) is 11.7 Å². The van der Waals surface area contributed by atoms with Crippen molar-refractivity contribution in [3.8, 4) is 11.3 Å². The maximum absolute atomic E-state index is 13.2. The predicted octanol–water partition coefficient (Wildman–Crippen LogP) is 4.57. The highest BCUT2D eigenvalue weighted by molar-refractivity contribution is 6.00. The quantitative estimate of drug-likeness (QED) is 0.769. The molecule has 22 heavy (non-hydrogen) atoms. The number of hydrogen-bond donors (Lipinski definition) is 1. The normalized spacial score (nSPS) is 11.3. The van der Waals surface area contributed by atoms with E-state index in [0.29, 0.717) is 11.3 Å². The fraction of sp³-hybridized carbons (Fsp3) is 0.167. The standard InChI is InChI=1S/C18H16FNO2/c1-11(2)15-14-5-3-4-10-20(14)17(16(15)18(21)22)12-6-8-13(19)9-7-12/h3-11H,1-2H3,(H,21,22). The lowest BCUT2D eigenvalue weighted by Crippen LogP contribution is -2.03. The Labute approximate surface area is 127 Å². The molecule has 3 aromatic rings. The van der Waals surface area contributed by atoms with E-state index >= 15 is 0 Å². The second kappa shape index (κ2) is 5.30. The van der Waals surface area contributed by atoms with Crippen LogP contribution in [-0.4, -0.2) is 15.5 Å². The van der Waals surface area contributed by atoms with Crippen molar-refractivity contribution in [3.63, 3.8) is 0 Å². The van der Waals surface area contributed by atoms with Gasteiger partial charge in [0.15, 0.2) is 0 Å². The van der Waals surface area contributed by atoms with Gasteiger partial charge in [-0.25, -0.2) is 9.18 Å². The van der Waals surface area contributed by atoms with E-state index in [4.69, 9.17) is 0 Å². The Morgan fingerprint density at radius 2 is 1.82 bits per heavy atom. The van der Waals surface area contributed by atoms with Crippen LogP contribution in [-0.2, 0) is 0 Å². The second-order valence-corrected chi connectivity index (χ2v) is 5.56. The van der Waals surface area contributed by atoms with E-state index in [1.807, 2.05) is 42.6 Å². The van der Waals surface area contributed by atoms with Crippen LogP contribution in [0.5, 0.6) is 0 Å². The Kier molecular flexibility index (Phi) is 3.45. The molecule has 112 valence electrons. The van der Waals surface area contributed by atoms with Crippen LogP contribution in [0, 0.1) is 5.82 Å². The predicted molar refractivity (Wildman–Crippen MR) is 83.8 cm³/mol. The van der Waals surface area contributed by atoms with Crippen molar-refractivity contribution < 1.29 is 14.3 Å². The molecule has 0 aliphatic heterocycles. The van der Waals surface area contributed by atoms with Crippen LogP contribution in [0.15, 0.2) is 48.7 Å². The summed E-state index contributed by atoms with van der Waals surface area (Å²) in [4.78, 5) is 11.9. The molecular formula is C18H16FNO2. The summed E-state index contributed by atoms with van der Waals surface area (Å²) >= 11 is 0. The number of carbonyl (C=O) groups is 1. The number of halogens is 1. The van der Waals surface area contributed by atoms with Crippen molar-refractivity contribution in [2.45, 2.75) is 19.8 Å². The third-order valence-corrected chi connectivity index (χ3v) is 3.79. The van der Waals surface area contributed by atoms with Crippen molar-refractivity contribution in [2.75, 3.05) is 0 Å². The molecule has 0 amide bonds. The highest BCUT2D eigenvalue weighted by Crippen LogP contribution is 2.36. The minimum atomic E-state index is -0.966. The molecule has 0 aliphatic carbocycles. The average Bonchev–Trinajstić information content (AvgIpc) is 2.83. The molecule has 0 fully saturated rings. The van der Waals surface area contributed by atoms with E-state index in [2.05, 4.69) is 0 Å². The summed E-state index contributed by atoms with van der Waals surface area (Å²) in [6, 6.07) is 11.6. The molecular weight excluding hydrogens is 281 g/mol. The molecule has 3 rings (SSSR count). The Morgan fingerprint density at radius 3 is 2.41 bits per heavy atom. The van der Waals surface area contributed by atoms with Gasteiger partial charge in [-0.05, 0) is 53.4 Å². The van der Waals surface area contributed by atoms with Crippen molar-refractivity contribution in [1.82, 2.24) is 4.40 Å². The van der Waals surface area contributed by atoms with Crippen LogP contribution in [0.4, 0.5) is 4.39 Å². The number of hydrogen-bond acceptors (Lipinski definition) is 1. The molecule has 0 radical (unpaired) electrons. The molecule has 4 heteroatoms. The number of aromatic nitrogens is 1. The molecule has 0 aliphatic rings. The lowest BCUT2D eigenvalue weighted by Gasteiger charge is -2.06. The van der Waals surface area contributed by atoms with Crippen molar-refractivity contribution >= 4 is 11.5 Å². The lowest BCUT2D eigenvalue weighted by atomic mass is 9.96. The van der Waals surface area contributed by atoms with E-state index in [0.717, 1.165) is 11.1 Å². The number of carboxylic acids is 1. The van der Waals surface area contributed by atoms with Crippen LogP contribution in [0.1, 0.15) is 35.7 Å². The molecule has 1 N–H and O–H groups in total. The topological polar surface area (TPSA) is 41.7 Å². The number of nitrogens with zero attached hydrogens (tertiary/aromatic N) is 1. The Balaban J connectivity index is 2.44. The van der Waals surface area contributed by atoms with Gasteiger partial charge in [-0.3, -0.25) is 0 Å². The summed E-state index contributed by atoms with van der Waals surface area (Å²) in [5, 5.41) is 9.72. The Morgan fingerprint density at radius 1 is 1.14 bits per heavy atom. The van der Waals surface area contributed by atoms with Gasteiger partial charge in [-0.1, -0.05) is 19.9 Å². The smallest absolute Gasteiger partial charge is 0.338 e. The number of rotatable bonds is 3. The second-order valence-electron chi connectivity index (χ2n) is 5.56. The van der Waals surface area contributed by atoms with E-state index in [1.165, 1.54) is 12.1 Å². The van der Waals surface area contributed by atoms with E-state index in [-0.39, 0.29) is 17.3 Å². The lowest BCUT2D eigenvalue weighted by molar-refractivity contribution is 0.0696. The number of aromatic carboxylic acids is 1. The maximum Gasteiger partial charge on any atom is 0.338 e. The average molecular weight is 297 g/mol. The summed E-state index contributed by atoms with van der Waals surface area (Å²) in [5.74, 6) is -1.24. The third-order valence-electron chi connectivity index (χ3n) is 3.79. The Bertz CT molecular complexity index is 847. The molecule has 2 aromatic heterocycles. The molecule has 0 bridgehead atoms. The van der Waals surface area contributed by atoms with Crippen LogP contribution in [0.25, 0.3) is 16.8 Å². The van der Waals surface area contributed by atoms with Crippen molar-refractivity contribution in [2.24, 2.45) is 0 Å². The number of fused-ring (bicyclic) bond motifs is 1. The van der Waals surface area contributed by atoms with E-state index in [1.54, 1.807) is 12.1 Å². The van der Waals surface area contributed by atoms with Crippen LogP contribution >= 0.6 is 0 Å². The van der Waals surface area contributed by atoms with Gasteiger partial charge < -0.3 is 9.51 Å². The van der Waals surface area contributed by atoms with E-state index in [9.17, 15) is 14.3 Å². The van der Waals surface area contributed by atoms with Crippen LogP contribution in [0.2, 0.25) is 0 Å². The highest BCUT2D eigenvalue weighted by atomic mass is 19.1. The first-order chi connectivity index (χ1) is 10.5. The molecule has 0 spiro atoms.